The Morgan fingerprint density at radius 1 is 0.867 bits per heavy atom. The molecule has 4 heteroatoms. The zero-order valence-corrected chi connectivity index (χ0v) is 19.4. The second-order valence-electron chi connectivity index (χ2n) is 7.85. The predicted molar refractivity (Wildman–Crippen MR) is 119 cm³/mol. The van der Waals surface area contributed by atoms with Gasteiger partial charge in [-0.15, -0.1) is 23.8 Å². The topological polar surface area (TPSA) is 30.7 Å². The SMILES string of the molecule is CC(C)Cc1cnc(-c2[c-]cc3c(c2)c2ccccc2n3-c2ccccc2)nc1.[Ir]. The van der Waals surface area contributed by atoms with Gasteiger partial charge in [0.15, 0.2) is 0 Å². The van der Waals surface area contributed by atoms with E-state index in [1.807, 2.05) is 18.5 Å². The van der Waals surface area contributed by atoms with Crippen LogP contribution in [-0.4, -0.2) is 14.5 Å². The minimum atomic E-state index is 0. The van der Waals surface area contributed by atoms with Gasteiger partial charge in [0.25, 0.3) is 0 Å². The van der Waals surface area contributed by atoms with Gasteiger partial charge in [0, 0.05) is 43.7 Å². The summed E-state index contributed by atoms with van der Waals surface area (Å²) in [4.78, 5) is 9.21. The molecular weight excluding hydrogens is 547 g/mol. The number of aromatic nitrogens is 3. The number of fused-ring (bicyclic) bond motifs is 3. The molecule has 0 bridgehead atoms. The van der Waals surface area contributed by atoms with Crippen molar-refractivity contribution in [2.45, 2.75) is 20.3 Å². The summed E-state index contributed by atoms with van der Waals surface area (Å²) in [6, 6.07) is 26.6. The standard InChI is InChI=1S/C26H22N3.Ir/c1-18(2)14-19-16-27-26(28-17-19)20-12-13-25-23(15-20)22-10-6-7-11-24(22)29(25)21-8-4-3-5-9-21;/h3-11,13,15-18H,14H2,1-2H3;/q-1;. The summed E-state index contributed by atoms with van der Waals surface area (Å²) in [6.07, 6.45) is 4.87. The molecule has 0 fully saturated rings. The Morgan fingerprint density at radius 2 is 1.57 bits per heavy atom. The molecule has 5 aromatic rings. The zero-order chi connectivity index (χ0) is 19.8. The molecule has 0 atom stereocenters. The number of rotatable bonds is 4. The summed E-state index contributed by atoms with van der Waals surface area (Å²) in [5, 5.41) is 2.41. The second-order valence-corrected chi connectivity index (χ2v) is 7.85. The molecule has 3 nitrogen and oxygen atoms in total. The number of nitrogens with zero attached hydrogens (tertiary/aromatic N) is 3. The molecule has 0 saturated heterocycles. The molecule has 0 saturated carbocycles. The predicted octanol–water partition coefficient (Wildman–Crippen LogP) is 6.24. The number of benzene rings is 3. The van der Waals surface area contributed by atoms with Gasteiger partial charge in [0.05, 0.1) is 5.82 Å². The molecule has 0 aliphatic rings. The first kappa shape index (κ1) is 20.5. The third-order valence-electron chi connectivity index (χ3n) is 5.21. The van der Waals surface area contributed by atoms with Crippen LogP contribution < -0.4 is 0 Å². The molecule has 3 aromatic carbocycles. The van der Waals surface area contributed by atoms with Crippen molar-refractivity contribution in [3.8, 4) is 17.1 Å². The van der Waals surface area contributed by atoms with Gasteiger partial charge in [0.2, 0.25) is 0 Å². The quantitative estimate of drug-likeness (QED) is 0.241. The van der Waals surface area contributed by atoms with Crippen LogP contribution in [0, 0.1) is 12.0 Å². The zero-order valence-electron chi connectivity index (χ0n) is 17.0. The fraction of sp³-hybridized carbons (Fsp3) is 0.154. The fourth-order valence-electron chi connectivity index (χ4n) is 3.97. The maximum absolute atomic E-state index is 4.60. The van der Waals surface area contributed by atoms with E-state index in [0.717, 1.165) is 29.0 Å². The van der Waals surface area contributed by atoms with Crippen LogP contribution in [-0.2, 0) is 26.5 Å². The Hall–Kier alpha value is -2.81. The summed E-state index contributed by atoms with van der Waals surface area (Å²) < 4.78 is 2.29. The first-order valence-electron chi connectivity index (χ1n) is 10.0. The minimum Gasteiger partial charge on any atom is -0.351 e. The fourth-order valence-corrected chi connectivity index (χ4v) is 3.97. The Balaban J connectivity index is 0.00000218. The molecule has 151 valence electrons. The van der Waals surface area contributed by atoms with Crippen molar-refractivity contribution in [2.24, 2.45) is 5.92 Å². The van der Waals surface area contributed by atoms with E-state index in [2.05, 4.69) is 95.1 Å². The maximum Gasteiger partial charge on any atom is 0.0748 e. The molecule has 0 N–H and O–H groups in total. The Labute approximate surface area is 190 Å². The Kier molecular flexibility index (Phi) is 5.80. The van der Waals surface area contributed by atoms with Crippen LogP contribution in [0.15, 0.2) is 79.1 Å². The van der Waals surface area contributed by atoms with Gasteiger partial charge in [-0.3, -0.25) is 9.97 Å². The van der Waals surface area contributed by atoms with Crippen molar-refractivity contribution in [1.29, 1.82) is 0 Å². The van der Waals surface area contributed by atoms with Gasteiger partial charge in [-0.05, 0) is 47.0 Å². The van der Waals surface area contributed by atoms with Crippen molar-refractivity contribution in [1.82, 2.24) is 14.5 Å². The van der Waals surface area contributed by atoms with Gasteiger partial charge >= 0.3 is 0 Å². The van der Waals surface area contributed by atoms with Gasteiger partial charge in [0.1, 0.15) is 0 Å². The number of hydrogen-bond acceptors (Lipinski definition) is 2. The van der Waals surface area contributed by atoms with E-state index in [9.17, 15) is 0 Å². The molecule has 2 aromatic heterocycles. The summed E-state index contributed by atoms with van der Waals surface area (Å²) >= 11 is 0. The monoisotopic (exact) mass is 569 g/mol. The molecular formula is C26H22IrN3-. The Morgan fingerprint density at radius 3 is 2.30 bits per heavy atom. The normalized spacial score (nSPS) is 11.2. The van der Waals surface area contributed by atoms with Crippen molar-refractivity contribution >= 4 is 21.8 Å². The minimum absolute atomic E-state index is 0. The Bertz CT molecular complexity index is 1290. The van der Waals surface area contributed by atoms with Crippen LogP contribution in [0.1, 0.15) is 19.4 Å². The smallest absolute Gasteiger partial charge is 0.0748 e. The maximum atomic E-state index is 4.60. The third kappa shape index (κ3) is 3.69. The van der Waals surface area contributed by atoms with Crippen LogP contribution >= 0.6 is 0 Å². The van der Waals surface area contributed by atoms with E-state index in [1.54, 1.807) is 0 Å². The van der Waals surface area contributed by atoms with E-state index in [4.69, 9.17) is 0 Å². The van der Waals surface area contributed by atoms with Crippen LogP contribution in [0.4, 0.5) is 0 Å². The number of para-hydroxylation sites is 2. The van der Waals surface area contributed by atoms with Crippen LogP contribution in [0.3, 0.4) is 0 Å². The van der Waals surface area contributed by atoms with Crippen molar-refractivity contribution in [3.05, 3.63) is 90.8 Å². The van der Waals surface area contributed by atoms with Crippen molar-refractivity contribution in [3.63, 3.8) is 0 Å². The first-order valence-corrected chi connectivity index (χ1v) is 10.0. The van der Waals surface area contributed by atoms with E-state index >= 15 is 0 Å². The third-order valence-corrected chi connectivity index (χ3v) is 5.21. The number of hydrogen-bond donors (Lipinski definition) is 0. The first-order chi connectivity index (χ1) is 14.2. The molecule has 2 heterocycles. The second kappa shape index (κ2) is 8.51. The summed E-state index contributed by atoms with van der Waals surface area (Å²) in [5.74, 6) is 1.31. The largest absolute Gasteiger partial charge is 0.351 e. The van der Waals surface area contributed by atoms with Gasteiger partial charge in [-0.25, -0.2) is 0 Å². The molecule has 30 heavy (non-hydrogen) atoms. The summed E-state index contributed by atoms with van der Waals surface area (Å²) in [6.45, 7) is 4.41. The van der Waals surface area contributed by atoms with Crippen LogP contribution in [0.5, 0.6) is 0 Å². The van der Waals surface area contributed by atoms with E-state index in [0.29, 0.717) is 5.92 Å². The molecule has 1 radical (unpaired) electrons. The molecule has 0 aliphatic heterocycles. The molecule has 0 amide bonds. The van der Waals surface area contributed by atoms with E-state index in [-0.39, 0.29) is 20.1 Å². The van der Waals surface area contributed by atoms with Crippen LogP contribution in [0.2, 0.25) is 0 Å². The average molecular weight is 569 g/mol. The summed E-state index contributed by atoms with van der Waals surface area (Å²) in [5.41, 5.74) is 5.56. The van der Waals surface area contributed by atoms with Gasteiger partial charge in [-0.2, -0.15) is 0 Å². The van der Waals surface area contributed by atoms with E-state index in [1.165, 1.54) is 21.9 Å². The average Bonchev–Trinajstić information content (AvgIpc) is 3.08. The molecule has 0 unspecified atom stereocenters. The van der Waals surface area contributed by atoms with E-state index < -0.39 is 0 Å². The molecule has 0 spiro atoms. The molecule has 0 aliphatic carbocycles. The van der Waals surface area contributed by atoms with Crippen LogP contribution in [0.25, 0.3) is 38.9 Å². The van der Waals surface area contributed by atoms with Gasteiger partial charge in [-0.1, -0.05) is 55.6 Å². The van der Waals surface area contributed by atoms with Crippen molar-refractivity contribution < 1.29 is 20.1 Å². The summed E-state index contributed by atoms with van der Waals surface area (Å²) in [7, 11) is 0. The van der Waals surface area contributed by atoms with Crippen molar-refractivity contribution in [2.75, 3.05) is 0 Å². The van der Waals surface area contributed by atoms with Gasteiger partial charge < -0.3 is 4.57 Å². The molecule has 5 rings (SSSR count).